The Balaban J connectivity index is 2.14. The molecule has 3 rings (SSSR count). The van der Waals surface area contributed by atoms with E-state index in [9.17, 15) is 9.50 Å². The van der Waals surface area contributed by atoms with Crippen molar-refractivity contribution in [2.45, 2.75) is 26.3 Å². The number of aromatic nitrogens is 2. The molecule has 4 nitrogen and oxygen atoms in total. The molecule has 0 saturated carbocycles. The molecular weight excluding hydrogens is 341 g/mol. The lowest BCUT2D eigenvalue weighted by Crippen LogP contribution is -2.15. The number of fused-ring (bicyclic) bond motifs is 1. The Bertz CT molecular complexity index is 983. The second kappa shape index (κ2) is 8.45. The van der Waals surface area contributed by atoms with Gasteiger partial charge in [-0.25, -0.2) is 4.39 Å². The fraction of sp³-hybridized carbons (Fsp3) is 0.182. The van der Waals surface area contributed by atoms with Gasteiger partial charge < -0.3 is 10.4 Å². The first kappa shape index (κ1) is 18.6. The van der Waals surface area contributed by atoms with Gasteiger partial charge in [-0.05, 0) is 37.6 Å². The maximum absolute atomic E-state index is 14.8. The van der Waals surface area contributed by atoms with E-state index in [4.69, 9.17) is 0 Å². The van der Waals surface area contributed by atoms with Crippen LogP contribution in [0.15, 0.2) is 78.5 Å². The molecule has 5 heteroatoms. The Morgan fingerprint density at radius 1 is 1.22 bits per heavy atom. The van der Waals surface area contributed by atoms with Crippen LogP contribution in [0.1, 0.15) is 31.9 Å². The van der Waals surface area contributed by atoms with Crippen molar-refractivity contribution >= 4 is 16.6 Å². The van der Waals surface area contributed by atoms with Gasteiger partial charge in [-0.15, -0.1) is 0 Å². The standard InChI is InChI=1S/C22H22FN3O/c1-3-7-19(23)17(4-2)21(26-16-9-6-12-24-14-16)18-11-10-15-8-5-13-25-20(15)22(18)27/h4-14,21,26-27H,3H2,1-2H3/b17-4+,19-7+. The average molecular weight is 363 g/mol. The van der Waals surface area contributed by atoms with Crippen LogP contribution in [-0.4, -0.2) is 15.1 Å². The molecule has 0 radical (unpaired) electrons. The summed E-state index contributed by atoms with van der Waals surface area (Å²) in [6, 6.07) is 10.4. The number of hydrogen-bond acceptors (Lipinski definition) is 4. The molecule has 27 heavy (non-hydrogen) atoms. The van der Waals surface area contributed by atoms with Gasteiger partial charge in [0.05, 0.1) is 11.7 Å². The number of nitrogens with zero attached hydrogens (tertiary/aromatic N) is 2. The molecule has 0 aliphatic rings. The molecule has 1 atom stereocenters. The molecule has 2 heterocycles. The lowest BCUT2D eigenvalue weighted by atomic mass is 9.94. The van der Waals surface area contributed by atoms with E-state index < -0.39 is 6.04 Å². The third-order valence-corrected chi connectivity index (χ3v) is 4.34. The highest BCUT2D eigenvalue weighted by molar-refractivity contribution is 5.86. The summed E-state index contributed by atoms with van der Waals surface area (Å²) in [5.41, 5.74) is 2.22. The van der Waals surface area contributed by atoms with E-state index >= 15 is 0 Å². The quantitative estimate of drug-likeness (QED) is 0.552. The average Bonchev–Trinajstić information content (AvgIpc) is 2.69. The monoisotopic (exact) mass is 363 g/mol. The maximum Gasteiger partial charge on any atom is 0.147 e. The number of phenols is 1. The number of hydrogen-bond donors (Lipinski definition) is 2. The summed E-state index contributed by atoms with van der Waals surface area (Å²) in [5, 5.41) is 15.0. The lowest BCUT2D eigenvalue weighted by Gasteiger charge is -2.24. The lowest BCUT2D eigenvalue weighted by molar-refractivity contribution is 0.470. The predicted molar refractivity (Wildman–Crippen MR) is 107 cm³/mol. The van der Waals surface area contributed by atoms with Gasteiger partial charge in [-0.3, -0.25) is 9.97 Å². The summed E-state index contributed by atoms with van der Waals surface area (Å²) in [7, 11) is 0. The van der Waals surface area contributed by atoms with E-state index in [2.05, 4.69) is 15.3 Å². The van der Waals surface area contributed by atoms with Gasteiger partial charge >= 0.3 is 0 Å². The zero-order chi connectivity index (χ0) is 19.2. The van der Waals surface area contributed by atoms with Crippen molar-refractivity contribution in [1.82, 2.24) is 9.97 Å². The van der Waals surface area contributed by atoms with Crippen molar-refractivity contribution < 1.29 is 9.50 Å². The van der Waals surface area contributed by atoms with Gasteiger partial charge in [0.2, 0.25) is 0 Å². The SMILES string of the molecule is C/C=C(\C(F)=C/CC)C(Nc1cccnc1)c1ccc2cccnc2c1O. The molecule has 0 spiro atoms. The molecule has 0 saturated heterocycles. The van der Waals surface area contributed by atoms with Crippen LogP contribution in [0.4, 0.5) is 10.1 Å². The molecule has 1 aromatic carbocycles. The van der Waals surface area contributed by atoms with Crippen LogP contribution >= 0.6 is 0 Å². The highest BCUT2D eigenvalue weighted by atomic mass is 19.1. The normalized spacial score (nSPS) is 13.6. The Hall–Kier alpha value is -3.21. The van der Waals surface area contributed by atoms with Gasteiger partial charge in [-0.1, -0.05) is 31.2 Å². The highest BCUT2D eigenvalue weighted by Crippen LogP contribution is 2.38. The van der Waals surface area contributed by atoms with E-state index in [1.165, 1.54) is 6.08 Å². The third-order valence-electron chi connectivity index (χ3n) is 4.34. The van der Waals surface area contributed by atoms with Crippen LogP contribution in [0, 0.1) is 0 Å². The minimum atomic E-state index is -0.589. The molecule has 2 aromatic heterocycles. The van der Waals surface area contributed by atoms with Crippen molar-refractivity contribution in [2.24, 2.45) is 0 Å². The van der Waals surface area contributed by atoms with E-state index in [1.54, 1.807) is 43.7 Å². The first-order valence-electron chi connectivity index (χ1n) is 8.91. The van der Waals surface area contributed by atoms with Crippen LogP contribution < -0.4 is 5.32 Å². The number of rotatable bonds is 6. The first-order valence-corrected chi connectivity index (χ1v) is 8.91. The fourth-order valence-electron chi connectivity index (χ4n) is 3.06. The molecule has 138 valence electrons. The van der Waals surface area contributed by atoms with Crippen molar-refractivity contribution in [3.05, 3.63) is 84.1 Å². The summed E-state index contributed by atoms with van der Waals surface area (Å²) in [6.07, 6.45) is 8.79. The molecule has 1 unspecified atom stereocenters. The Morgan fingerprint density at radius 2 is 2.04 bits per heavy atom. The van der Waals surface area contributed by atoms with Crippen molar-refractivity contribution in [1.29, 1.82) is 0 Å². The summed E-state index contributed by atoms with van der Waals surface area (Å²) in [6.45, 7) is 3.67. The van der Waals surface area contributed by atoms with E-state index in [1.807, 2.05) is 31.2 Å². The fourth-order valence-corrected chi connectivity index (χ4v) is 3.06. The Labute approximate surface area is 158 Å². The van der Waals surface area contributed by atoms with Crippen LogP contribution in [-0.2, 0) is 0 Å². The predicted octanol–water partition coefficient (Wildman–Crippen LogP) is 5.70. The van der Waals surface area contributed by atoms with E-state index in [-0.39, 0.29) is 11.6 Å². The molecule has 3 aromatic rings. The largest absolute Gasteiger partial charge is 0.505 e. The third kappa shape index (κ3) is 3.97. The Morgan fingerprint density at radius 3 is 2.74 bits per heavy atom. The van der Waals surface area contributed by atoms with Gasteiger partial charge in [0.25, 0.3) is 0 Å². The summed E-state index contributed by atoms with van der Waals surface area (Å²) >= 11 is 0. The summed E-state index contributed by atoms with van der Waals surface area (Å²) in [4.78, 5) is 8.38. The number of anilines is 1. The maximum atomic E-state index is 14.8. The minimum Gasteiger partial charge on any atom is -0.505 e. The van der Waals surface area contributed by atoms with Crippen LogP contribution in [0.3, 0.4) is 0 Å². The molecule has 2 N–H and O–H groups in total. The number of pyridine rings is 2. The minimum absolute atomic E-state index is 0.0399. The summed E-state index contributed by atoms with van der Waals surface area (Å²) < 4.78 is 14.8. The zero-order valence-electron chi connectivity index (χ0n) is 15.4. The zero-order valence-corrected chi connectivity index (χ0v) is 15.4. The van der Waals surface area contributed by atoms with Crippen LogP contribution in [0.2, 0.25) is 0 Å². The second-order valence-corrected chi connectivity index (χ2v) is 6.10. The highest BCUT2D eigenvalue weighted by Gasteiger charge is 2.24. The van der Waals surface area contributed by atoms with E-state index in [0.29, 0.717) is 23.1 Å². The molecule has 0 fully saturated rings. The van der Waals surface area contributed by atoms with Gasteiger partial charge in [0.1, 0.15) is 17.1 Å². The second-order valence-electron chi connectivity index (χ2n) is 6.10. The molecule has 0 aliphatic carbocycles. The van der Waals surface area contributed by atoms with Gasteiger partial charge in [-0.2, -0.15) is 0 Å². The summed E-state index contributed by atoms with van der Waals surface area (Å²) in [5.74, 6) is -0.278. The van der Waals surface area contributed by atoms with Crippen LogP contribution in [0.25, 0.3) is 10.9 Å². The number of benzene rings is 1. The van der Waals surface area contributed by atoms with Gasteiger partial charge in [0.15, 0.2) is 0 Å². The topological polar surface area (TPSA) is 58.0 Å². The molecule has 0 aliphatic heterocycles. The van der Waals surface area contributed by atoms with Crippen molar-refractivity contribution in [3.8, 4) is 5.75 Å². The van der Waals surface area contributed by atoms with Crippen LogP contribution in [0.5, 0.6) is 5.75 Å². The molecular formula is C22H22FN3O. The molecule has 0 bridgehead atoms. The number of allylic oxidation sites excluding steroid dienone is 2. The molecule has 0 amide bonds. The van der Waals surface area contributed by atoms with Gasteiger partial charge in [0, 0.05) is 35.1 Å². The smallest absolute Gasteiger partial charge is 0.147 e. The van der Waals surface area contributed by atoms with Crippen molar-refractivity contribution in [3.63, 3.8) is 0 Å². The Kier molecular flexibility index (Phi) is 5.81. The number of aromatic hydroxyl groups is 1. The van der Waals surface area contributed by atoms with E-state index in [0.717, 1.165) is 11.1 Å². The first-order chi connectivity index (χ1) is 13.2. The number of nitrogens with one attached hydrogen (secondary N) is 1. The number of halogens is 1. The van der Waals surface area contributed by atoms with Crippen molar-refractivity contribution in [2.75, 3.05) is 5.32 Å². The number of phenolic OH excluding ortho intramolecular Hbond substituents is 1.